The molecule has 4 rings (SSSR count). The van der Waals surface area contributed by atoms with Crippen molar-refractivity contribution in [2.24, 2.45) is 0 Å². The molecule has 0 aromatic carbocycles. The van der Waals surface area contributed by atoms with Crippen molar-refractivity contribution < 1.29 is 4.79 Å². The van der Waals surface area contributed by atoms with Crippen molar-refractivity contribution in [2.45, 2.75) is 44.3 Å². The van der Waals surface area contributed by atoms with E-state index in [1.165, 1.54) is 12.8 Å². The van der Waals surface area contributed by atoms with Gasteiger partial charge in [0.05, 0.1) is 0 Å². The summed E-state index contributed by atoms with van der Waals surface area (Å²) in [7, 11) is 2.20. The van der Waals surface area contributed by atoms with Crippen LogP contribution < -0.4 is 5.32 Å². The standard InChI is InChI=1S/C15H23N5O/c1-18-11-3-4-12(18)9-19(8-5-11)14(21)13-10-20-7-2-6-16-15(20)17-13/h10-12H,2-9H2,1H3,(H,16,17). The molecule has 6 nitrogen and oxygen atoms in total. The number of hydrogen-bond donors (Lipinski definition) is 1. The zero-order chi connectivity index (χ0) is 14.4. The number of rotatable bonds is 1. The molecule has 3 aliphatic heterocycles. The number of amides is 1. The Morgan fingerprint density at radius 1 is 1.29 bits per heavy atom. The van der Waals surface area contributed by atoms with Crippen LogP contribution in [-0.2, 0) is 6.54 Å². The average Bonchev–Trinajstić information content (AvgIpc) is 3.00. The van der Waals surface area contributed by atoms with Crippen LogP contribution in [0.2, 0.25) is 0 Å². The van der Waals surface area contributed by atoms with Gasteiger partial charge in [0.15, 0.2) is 0 Å². The Bertz CT molecular complexity index is 531. The first-order valence-electron chi connectivity index (χ1n) is 8.04. The molecule has 0 aliphatic carbocycles. The topological polar surface area (TPSA) is 53.4 Å². The van der Waals surface area contributed by atoms with E-state index in [2.05, 4.69) is 26.8 Å². The highest BCUT2D eigenvalue weighted by molar-refractivity contribution is 5.92. The van der Waals surface area contributed by atoms with Crippen LogP contribution in [0.4, 0.5) is 5.95 Å². The fraction of sp³-hybridized carbons (Fsp3) is 0.733. The van der Waals surface area contributed by atoms with E-state index in [-0.39, 0.29) is 5.91 Å². The monoisotopic (exact) mass is 289 g/mol. The molecule has 2 saturated heterocycles. The van der Waals surface area contributed by atoms with Crippen LogP contribution in [0.1, 0.15) is 36.2 Å². The lowest BCUT2D eigenvalue weighted by Crippen LogP contribution is -2.39. The first kappa shape index (κ1) is 13.1. The van der Waals surface area contributed by atoms with Crippen molar-refractivity contribution in [3.8, 4) is 0 Å². The molecule has 21 heavy (non-hydrogen) atoms. The van der Waals surface area contributed by atoms with Gasteiger partial charge in [-0.25, -0.2) is 4.98 Å². The number of imidazole rings is 1. The normalized spacial score (nSPS) is 28.9. The number of fused-ring (bicyclic) bond motifs is 3. The lowest BCUT2D eigenvalue weighted by Gasteiger charge is -2.25. The highest BCUT2D eigenvalue weighted by Gasteiger charge is 2.36. The fourth-order valence-corrected chi connectivity index (χ4v) is 3.94. The zero-order valence-corrected chi connectivity index (χ0v) is 12.6. The summed E-state index contributed by atoms with van der Waals surface area (Å²) in [6.07, 6.45) is 6.59. The van der Waals surface area contributed by atoms with E-state index in [1.54, 1.807) is 0 Å². The van der Waals surface area contributed by atoms with E-state index in [0.29, 0.717) is 17.8 Å². The van der Waals surface area contributed by atoms with E-state index < -0.39 is 0 Å². The minimum absolute atomic E-state index is 0.0969. The number of hydrogen-bond acceptors (Lipinski definition) is 4. The van der Waals surface area contributed by atoms with Crippen molar-refractivity contribution in [3.05, 3.63) is 11.9 Å². The van der Waals surface area contributed by atoms with Gasteiger partial charge in [0.2, 0.25) is 5.95 Å². The largest absolute Gasteiger partial charge is 0.356 e. The van der Waals surface area contributed by atoms with Gasteiger partial charge in [-0.15, -0.1) is 0 Å². The summed E-state index contributed by atoms with van der Waals surface area (Å²) in [4.78, 5) is 21.7. The van der Waals surface area contributed by atoms with Gasteiger partial charge in [0, 0.05) is 44.5 Å². The second kappa shape index (κ2) is 5.02. The van der Waals surface area contributed by atoms with E-state index >= 15 is 0 Å². The van der Waals surface area contributed by atoms with Crippen molar-refractivity contribution in [2.75, 3.05) is 32.0 Å². The molecular weight excluding hydrogens is 266 g/mol. The fourth-order valence-electron chi connectivity index (χ4n) is 3.94. The molecule has 2 atom stereocenters. The van der Waals surface area contributed by atoms with Gasteiger partial charge in [-0.05, 0) is 32.7 Å². The summed E-state index contributed by atoms with van der Waals surface area (Å²) in [6.45, 7) is 3.61. The number of carbonyl (C=O) groups is 1. The average molecular weight is 289 g/mol. The maximum absolute atomic E-state index is 12.8. The second-order valence-corrected chi connectivity index (χ2v) is 6.51. The Labute approximate surface area is 125 Å². The Kier molecular flexibility index (Phi) is 3.14. The van der Waals surface area contributed by atoms with Gasteiger partial charge in [-0.3, -0.25) is 9.69 Å². The molecule has 4 heterocycles. The molecule has 6 heteroatoms. The molecule has 1 amide bonds. The number of carbonyl (C=O) groups excluding carboxylic acids is 1. The summed E-state index contributed by atoms with van der Waals surface area (Å²) < 4.78 is 2.06. The van der Waals surface area contributed by atoms with E-state index in [4.69, 9.17) is 0 Å². The van der Waals surface area contributed by atoms with Crippen LogP contribution in [-0.4, -0.2) is 64.0 Å². The summed E-state index contributed by atoms with van der Waals surface area (Å²) >= 11 is 0. The Hall–Kier alpha value is -1.56. The lowest BCUT2D eigenvalue weighted by atomic mass is 10.1. The van der Waals surface area contributed by atoms with Crippen LogP contribution in [0.25, 0.3) is 0 Å². The van der Waals surface area contributed by atoms with E-state index in [9.17, 15) is 4.79 Å². The van der Waals surface area contributed by atoms with Crippen LogP contribution in [0.5, 0.6) is 0 Å². The van der Waals surface area contributed by atoms with Crippen molar-refractivity contribution >= 4 is 11.9 Å². The number of nitrogens with one attached hydrogen (secondary N) is 1. The van der Waals surface area contributed by atoms with Crippen LogP contribution in [0.3, 0.4) is 0 Å². The molecule has 0 radical (unpaired) electrons. The third kappa shape index (κ3) is 2.21. The van der Waals surface area contributed by atoms with Crippen molar-refractivity contribution in [3.63, 3.8) is 0 Å². The van der Waals surface area contributed by atoms with E-state index in [1.807, 2.05) is 11.1 Å². The number of aromatic nitrogens is 2. The number of nitrogens with zero attached hydrogens (tertiary/aromatic N) is 4. The smallest absolute Gasteiger partial charge is 0.274 e. The predicted octanol–water partition coefficient (Wildman–Crippen LogP) is 1.01. The summed E-state index contributed by atoms with van der Waals surface area (Å²) in [5, 5.41) is 3.26. The second-order valence-electron chi connectivity index (χ2n) is 6.51. The molecule has 1 aromatic heterocycles. The third-order valence-corrected chi connectivity index (χ3v) is 5.29. The van der Waals surface area contributed by atoms with Gasteiger partial charge in [0.1, 0.15) is 5.69 Å². The van der Waals surface area contributed by atoms with Crippen LogP contribution >= 0.6 is 0 Å². The minimum atomic E-state index is 0.0969. The summed E-state index contributed by atoms with van der Waals surface area (Å²) in [6, 6.07) is 1.18. The molecule has 2 unspecified atom stereocenters. The van der Waals surface area contributed by atoms with E-state index in [0.717, 1.165) is 45.0 Å². The summed E-state index contributed by atoms with van der Waals surface area (Å²) in [5.74, 6) is 0.942. The molecule has 3 aliphatic rings. The maximum Gasteiger partial charge on any atom is 0.274 e. The van der Waals surface area contributed by atoms with Gasteiger partial charge in [-0.2, -0.15) is 0 Å². The minimum Gasteiger partial charge on any atom is -0.356 e. The SMILES string of the molecule is CN1C2CCC1CN(C(=O)c1cn3c(n1)NCCC3)CC2. The Morgan fingerprint density at radius 2 is 2.14 bits per heavy atom. The first-order valence-corrected chi connectivity index (χ1v) is 8.04. The Morgan fingerprint density at radius 3 is 3.00 bits per heavy atom. The molecule has 0 saturated carbocycles. The van der Waals surface area contributed by atoms with Gasteiger partial charge in [0.25, 0.3) is 5.91 Å². The number of likely N-dealkylation sites (tertiary alicyclic amines) is 1. The molecule has 2 bridgehead atoms. The highest BCUT2D eigenvalue weighted by Crippen LogP contribution is 2.29. The molecule has 0 spiro atoms. The zero-order valence-electron chi connectivity index (χ0n) is 12.6. The van der Waals surface area contributed by atoms with Crippen molar-refractivity contribution in [1.29, 1.82) is 0 Å². The number of likely N-dealkylation sites (N-methyl/N-ethyl adjacent to an activating group) is 1. The molecular formula is C15H23N5O. The maximum atomic E-state index is 12.8. The van der Waals surface area contributed by atoms with Gasteiger partial charge >= 0.3 is 0 Å². The van der Waals surface area contributed by atoms with Crippen LogP contribution in [0.15, 0.2) is 6.20 Å². The van der Waals surface area contributed by atoms with Gasteiger partial charge < -0.3 is 14.8 Å². The first-order chi connectivity index (χ1) is 10.2. The summed E-state index contributed by atoms with van der Waals surface area (Å²) in [5.41, 5.74) is 0.597. The number of anilines is 1. The predicted molar refractivity (Wildman–Crippen MR) is 80.4 cm³/mol. The lowest BCUT2D eigenvalue weighted by molar-refractivity contribution is 0.0735. The highest BCUT2D eigenvalue weighted by atomic mass is 16.2. The quantitative estimate of drug-likeness (QED) is 0.838. The molecule has 1 N–H and O–H groups in total. The van der Waals surface area contributed by atoms with Crippen LogP contribution in [0, 0.1) is 0 Å². The van der Waals surface area contributed by atoms with Gasteiger partial charge in [-0.1, -0.05) is 0 Å². The third-order valence-electron chi connectivity index (χ3n) is 5.29. The Balaban J connectivity index is 1.53. The number of aryl methyl sites for hydroxylation is 1. The molecule has 114 valence electrons. The van der Waals surface area contributed by atoms with Crippen molar-refractivity contribution in [1.82, 2.24) is 19.4 Å². The molecule has 1 aromatic rings. The molecule has 2 fully saturated rings.